The highest BCUT2D eigenvalue weighted by molar-refractivity contribution is 6.33. The van der Waals surface area contributed by atoms with Crippen LogP contribution in [0.2, 0.25) is 5.02 Å². The number of nitrogens with zero attached hydrogens (tertiary/aromatic N) is 1. The van der Waals surface area contributed by atoms with Crippen LogP contribution in [0.3, 0.4) is 0 Å². The second-order valence-corrected chi connectivity index (χ2v) is 4.98. The van der Waals surface area contributed by atoms with Gasteiger partial charge < -0.3 is 16.0 Å². The molecule has 1 aliphatic rings. The lowest BCUT2D eigenvalue weighted by atomic mass is 9.96. The van der Waals surface area contributed by atoms with E-state index in [1.807, 2.05) is 0 Å². The van der Waals surface area contributed by atoms with Crippen LogP contribution in [0.25, 0.3) is 0 Å². The van der Waals surface area contributed by atoms with Gasteiger partial charge in [0.15, 0.2) is 0 Å². The molecule has 0 radical (unpaired) electrons. The first kappa shape index (κ1) is 13.7. The minimum Gasteiger partial charge on any atom is -0.369 e. The Balaban J connectivity index is 1.92. The summed E-state index contributed by atoms with van der Waals surface area (Å²) in [6.45, 7) is 1.06. The second kappa shape index (κ2) is 5.93. The van der Waals surface area contributed by atoms with Crippen molar-refractivity contribution in [2.45, 2.75) is 12.8 Å². The fourth-order valence-corrected chi connectivity index (χ4v) is 2.31. The molecular formula is C13H16ClN3O2. The van der Waals surface area contributed by atoms with E-state index in [1.54, 1.807) is 29.2 Å². The van der Waals surface area contributed by atoms with Crippen LogP contribution >= 0.6 is 11.6 Å². The van der Waals surface area contributed by atoms with Crippen LogP contribution in [-0.2, 0) is 4.79 Å². The van der Waals surface area contributed by atoms with Crippen molar-refractivity contribution in [2.24, 2.45) is 11.7 Å². The maximum absolute atomic E-state index is 12.0. The van der Waals surface area contributed by atoms with Crippen LogP contribution in [0.5, 0.6) is 0 Å². The van der Waals surface area contributed by atoms with Gasteiger partial charge in [0.2, 0.25) is 5.91 Å². The van der Waals surface area contributed by atoms with Gasteiger partial charge in [-0.15, -0.1) is 0 Å². The van der Waals surface area contributed by atoms with Crippen molar-refractivity contribution < 1.29 is 9.59 Å². The van der Waals surface area contributed by atoms with Crippen molar-refractivity contribution in [3.8, 4) is 0 Å². The molecule has 5 nitrogen and oxygen atoms in total. The zero-order valence-corrected chi connectivity index (χ0v) is 11.2. The molecule has 1 aromatic rings. The molecule has 2 rings (SSSR count). The number of rotatable bonds is 2. The van der Waals surface area contributed by atoms with Crippen molar-refractivity contribution in [1.29, 1.82) is 0 Å². The maximum atomic E-state index is 12.0. The van der Waals surface area contributed by atoms with Crippen LogP contribution in [0.1, 0.15) is 12.8 Å². The van der Waals surface area contributed by atoms with E-state index in [9.17, 15) is 9.59 Å². The van der Waals surface area contributed by atoms with Crippen LogP contribution in [0.4, 0.5) is 10.5 Å². The highest BCUT2D eigenvalue weighted by atomic mass is 35.5. The van der Waals surface area contributed by atoms with Crippen LogP contribution in [0.15, 0.2) is 24.3 Å². The Bertz CT molecular complexity index is 485. The van der Waals surface area contributed by atoms with E-state index >= 15 is 0 Å². The fraction of sp³-hybridized carbons (Fsp3) is 0.385. The van der Waals surface area contributed by atoms with E-state index < -0.39 is 0 Å². The number of benzene rings is 1. The standard InChI is InChI=1S/C13H16ClN3O2/c14-10-3-1-2-4-11(10)16-13(19)17-7-5-9(6-8-17)12(15)18/h1-4,9H,5-8H2,(H2,15,18)(H,16,19). The van der Waals surface area contributed by atoms with Gasteiger partial charge in [0.1, 0.15) is 0 Å². The molecule has 0 atom stereocenters. The molecule has 0 unspecified atom stereocenters. The first-order chi connectivity index (χ1) is 9.08. The minimum atomic E-state index is -0.286. The summed E-state index contributed by atoms with van der Waals surface area (Å²) >= 11 is 5.98. The Morgan fingerprint density at radius 2 is 1.89 bits per heavy atom. The maximum Gasteiger partial charge on any atom is 0.321 e. The molecule has 3 amide bonds. The summed E-state index contributed by atoms with van der Waals surface area (Å²) in [5.41, 5.74) is 5.85. The molecule has 1 aromatic carbocycles. The van der Waals surface area contributed by atoms with Crippen molar-refractivity contribution in [3.05, 3.63) is 29.3 Å². The lowest BCUT2D eigenvalue weighted by Crippen LogP contribution is -2.43. The molecule has 6 heteroatoms. The number of nitrogens with two attached hydrogens (primary N) is 1. The van der Waals surface area contributed by atoms with E-state index in [-0.39, 0.29) is 17.9 Å². The number of nitrogens with one attached hydrogen (secondary N) is 1. The highest BCUT2D eigenvalue weighted by Crippen LogP contribution is 2.22. The Morgan fingerprint density at radius 3 is 2.47 bits per heavy atom. The van der Waals surface area contributed by atoms with Gasteiger partial charge in [-0.1, -0.05) is 23.7 Å². The third-order valence-corrected chi connectivity index (χ3v) is 3.63. The average Bonchev–Trinajstić information content (AvgIpc) is 2.41. The van der Waals surface area contributed by atoms with E-state index in [1.165, 1.54) is 0 Å². The van der Waals surface area contributed by atoms with Gasteiger partial charge in [-0.2, -0.15) is 0 Å². The SMILES string of the molecule is NC(=O)C1CCN(C(=O)Nc2ccccc2Cl)CC1. The van der Waals surface area contributed by atoms with Crippen LogP contribution in [-0.4, -0.2) is 29.9 Å². The quantitative estimate of drug-likeness (QED) is 0.871. The van der Waals surface area contributed by atoms with Crippen LogP contribution in [0, 0.1) is 5.92 Å². The summed E-state index contributed by atoms with van der Waals surface area (Å²) < 4.78 is 0. The summed E-state index contributed by atoms with van der Waals surface area (Å²) in [6.07, 6.45) is 1.23. The molecular weight excluding hydrogens is 266 g/mol. The van der Waals surface area contributed by atoms with Gasteiger partial charge in [0, 0.05) is 19.0 Å². The monoisotopic (exact) mass is 281 g/mol. The smallest absolute Gasteiger partial charge is 0.321 e. The topological polar surface area (TPSA) is 75.4 Å². The molecule has 19 heavy (non-hydrogen) atoms. The lowest BCUT2D eigenvalue weighted by Gasteiger charge is -2.30. The predicted octanol–water partition coefficient (Wildman–Crippen LogP) is 2.07. The summed E-state index contributed by atoms with van der Waals surface area (Å²) in [5, 5.41) is 3.27. The number of carbonyl (C=O) groups excluding carboxylic acids is 2. The van der Waals surface area contributed by atoms with E-state index in [2.05, 4.69) is 5.32 Å². The number of amides is 3. The third kappa shape index (κ3) is 3.38. The highest BCUT2D eigenvalue weighted by Gasteiger charge is 2.25. The van der Waals surface area contributed by atoms with Crippen LogP contribution < -0.4 is 11.1 Å². The number of anilines is 1. The molecule has 1 fully saturated rings. The molecule has 1 heterocycles. The lowest BCUT2D eigenvalue weighted by molar-refractivity contribution is -0.122. The molecule has 3 N–H and O–H groups in total. The number of primary amides is 1. The Morgan fingerprint density at radius 1 is 1.26 bits per heavy atom. The molecule has 0 saturated carbocycles. The number of likely N-dealkylation sites (tertiary alicyclic amines) is 1. The molecule has 0 bridgehead atoms. The number of hydrogen-bond donors (Lipinski definition) is 2. The molecule has 0 aliphatic carbocycles. The number of urea groups is 1. The van der Waals surface area contributed by atoms with Gasteiger partial charge in [-0.3, -0.25) is 4.79 Å². The number of halogens is 1. The van der Waals surface area contributed by atoms with Gasteiger partial charge in [-0.05, 0) is 25.0 Å². The van der Waals surface area contributed by atoms with E-state index in [0.717, 1.165) is 0 Å². The normalized spacial score (nSPS) is 16.2. The third-order valence-electron chi connectivity index (χ3n) is 3.30. The van der Waals surface area contributed by atoms with Gasteiger partial charge in [-0.25, -0.2) is 4.79 Å². The molecule has 0 aromatic heterocycles. The summed E-state index contributed by atoms with van der Waals surface area (Å²) in [6, 6.07) is 6.88. The zero-order chi connectivity index (χ0) is 13.8. The number of carbonyl (C=O) groups is 2. The van der Waals surface area contributed by atoms with Crippen molar-refractivity contribution in [2.75, 3.05) is 18.4 Å². The fourth-order valence-electron chi connectivity index (χ4n) is 2.12. The Kier molecular flexibility index (Phi) is 4.27. The largest absolute Gasteiger partial charge is 0.369 e. The van der Waals surface area contributed by atoms with Gasteiger partial charge >= 0.3 is 6.03 Å². The predicted molar refractivity (Wildman–Crippen MR) is 74.0 cm³/mol. The summed E-state index contributed by atoms with van der Waals surface area (Å²) in [5.74, 6) is -0.407. The number of hydrogen-bond acceptors (Lipinski definition) is 2. The number of para-hydroxylation sites is 1. The minimum absolute atomic E-state index is 0.121. The van der Waals surface area contributed by atoms with Crippen molar-refractivity contribution in [1.82, 2.24) is 4.90 Å². The Hall–Kier alpha value is -1.75. The summed E-state index contributed by atoms with van der Waals surface area (Å²) in [7, 11) is 0. The number of piperidine rings is 1. The molecule has 1 saturated heterocycles. The molecule has 1 aliphatic heterocycles. The van der Waals surface area contributed by atoms with E-state index in [0.29, 0.717) is 36.6 Å². The Labute approximate surface area is 116 Å². The van der Waals surface area contributed by atoms with Gasteiger partial charge in [0.25, 0.3) is 0 Å². The van der Waals surface area contributed by atoms with Crippen molar-refractivity contribution in [3.63, 3.8) is 0 Å². The molecule has 102 valence electrons. The molecule has 0 spiro atoms. The average molecular weight is 282 g/mol. The summed E-state index contributed by atoms with van der Waals surface area (Å²) in [4.78, 5) is 24.8. The second-order valence-electron chi connectivity index (χ2n) is 4.57. The first-order valence-electron chi connectivity index (χ1n) is 6.17. The van der Waals surface area contributed by atoms with Gasteiger partial charge in [0.05, 0.1) is 10.7 Å². The van der Waals surface area contributed by atoms with Crippen molar-refractivity contribution >= 4 is 29.2 Å². The first-order valence-corrected chi connectivity index (χ1v) is 6.55. The van der Waals surface area contributed by atoms with E-state index in [4.69, 9.17) is 17.3 Å². The zero-order valence-electron chi connectivity index (χ0n) is 10.4.